The molecule has 2 aromatic carbocycles. The number of nitro groups is 1. The van der Waals surface area contributed by atoms with E-state index in [1.165, 1.54) is 12.1 Å². The largest absolute Gasteiger partial charge is 0.452 e. The van der Waals surface area contributed by atoms with Gasteiger partial charge in [0.2, 0.25) is 0 Å². The highest BCUT2D eigenvalue weighted by molar-refractivity contribution is 5.96. The van der Waals surface area contributed by atoms with Gasteiger partial charge in [0.1, 0.15) is 0 Å². The average Bonchev–Trinajstić information content (AvgIpc) is 2.66. The zero-order chi connectivity index (χ0) is 20.0. The zero-order valence-corrected chi connectivity index (χ0v) is 15.5. The summed E-state index contributed by atoms with van der Waals surface area (Å²) < 4.78 is 4.99. The van der Waals surface area contributed by atoms with Crippen LogP contribution in [0.25, 0.3) is 0 Å². The summed E-state index contributed by atoms with van der Waals surface area (Å²) in [5.74, 6) is -0.985. The van der Waals surface area contributed by atoms with Crippen LogP contribution in [0.15, 0.2) is 42.5 Å². The van der Waals surface area contributed by atoms with Gasteiger partial charge >= 0.3 is 5.97 Å². The Hall–Kier alpha value is -3.22. The lowest BCUT2D eigenvalue weighted by atomic mass is 9.97. The molecule has 1 N–H and O–H groups in total. The Bertz CT molecular complexity index is 863. The number of nitrogens with zero attached hydrogens (tertiary/aromatic N) is 1. The van der Waals surface area contributed by atoms with E-state index in [9.17, 15) is 19.7 Å². The van der Waals surface area contributed by atoms with Crippen molar-refractivity contribution in [1.29, 1.82) is 0 Å². The smallest absolute Gasteiger partial charge is 0.338 e. The number of carbonyl (C=O) groups is 2. The Morgan fingerprint density at radius 1 is 1.22 bits per heavy atom. The number of aryl methyl sites for hydroxylation is 1. The third-order valence-corrected chi connectivity index (χ3v) is 4.35. The predicted molar refractivity (Wildman–Crippen MR) is 102 cm³/mol. The zero-order valence-electron chi connectivity index (χ0n) is 15.5. The van der Waals surface area contributed by atoms with Crippen LogP contribution in [-0.4, -0.2) is 23.4 Å². The Morgan fingerprint density at radius 3 is 2.59 bits per heavy atom. The number of nitro benzene ring substituents is 1. The highest BCUT2D eigenvalue weighted by Gasteiger charge is 2.17. The van der Waals surface area contributed by atoms with Crippen LogP contribution in [0.5, 0.6) is 0 Å². The summed E-state index contributed by atoms with van der Waals surface area (Å²) >= 11 is 0. The van der Waals surface area contributed by atoms with Crippen LogP contribution in [-0.2, 0) is 9.53 Å². The minimum atomic E-state index is -0.788. The Labute approximate surface area is 157 Å². The highest BCUT2D eigenvalue weighted by atomic mass is 16.6. The molecule has 0 aliphatic rings. The van der Waals surface area contributed by atoms with Gasteiger partial charge in [-0.15, -0.1) is 0 Å². The number of carbonyl (C=O) groups excluding carboxylic acids is 2. The molecule has 1 amide bonds. The fraction of sp³-hybridized carbons (Fsp3) is 0.300. The number of hydrogen-bond acceptors (Lipinski definition) is 5. The minimum absolute atomic E-state index is 0.0279. The Balaban J connectivity index is 2.01. The fourth-order valence-electron chi connectivity index (χ4n) is 2.59. The van der Waals surface area contributed by atoms with Crippen LogP contribution in [0.3, 0.4) is 0 Å². The van der Waals surface area contributed by atoms with Gasteiger partial charge in [0.25, 0.3) is 11.6 Å². The van der Waals surface area contributed by atoms with Gasteiger partial charge in [0.05, 0.1) is 10.5 Å². The van der Waals surface area contributed by atoms with E-state index in [0.717, 1.165) is 18.1 Å². The van der Waals surface area contributed by atoms with Crippen LogP contribution in [0.4, 0.5) is 11.4 Å². The molecule has 0 unspecified atom stereocenters. The number of hydrogen-bond donors (Lipinski definition) is 1. The molecule has 2 rings (SSSR count). The minimum Gasteiger partial charge on any atom is -0.452 e. The number of nitrogens with one attached hydrogen (secondary N) is 1. The molecule has 0 aliphatic heterocycles. The second-order valence-corrected chi connectivity index (χ2v) is 6.28. The monoisotopic (exact) mass is 370 g/mol. The van der Waals surface area contributed by atoms with E-state index in [-0.39, 0.29) is 17.2 Å². The number of benzene rings is 2. The molecule has 0 radical (unpaired) electrons. The van der Waals surface area contributed by atoms with Crippen molar-refractivity contribution in [3.8, 4) is 0 Å². The van der Waals surface area contributed by atoms with Crippen LogP contribution in [0, 0.1) is 17.0 Å². The highest BCUT2D eigenvalue weighted by Crippen LogP contribution is 2.26. The van der Waals surface area contributed by atoms with E-state index in [1.807, 2.05) is 18.2 Å². The van der Waals surface area contributed by atoms with E-state index in [4.69, 9.17) is 4.74 Å². The first kappa shape index (κ1) is 20.1. The Kier molecular flexibility index (Phi) is 6.65. The van der Waals surface area contributed by atoms with Gasteiger partial charge in [0, 0.05) is 17.3 Å². The van der Waals surface area contributed by atoms with Gasteiger partial charge in [0.15, 0.2) is 6.61 Å². The summed E-state index contributed by atoms with van der Waals surface area (Å²) in [5.41, 5.74) is 1.99. The normalized spacial score (nSPS) is 11.5. The van der Waals surface area contributed by atoms with E-state index in [1.54, 1.807) is 13.0 Å². The number of para-hydroxylation sites is 1. The third kappa shape index (κ3) is 5.13. The molecule has 2 aromatic rings. The number of rotatable bonds is 7. The first-order chi connectivity index (χ1) is 12.8. The lowest BCUT2D eigenvalue weighted by Gasteiger charge is -2.15. The maximum Gasteiger partial charge on any atom is 0.338 e. The standard InChI is InChI=1S/C20H22N2O5/c1-4-13(2)16-7-5-6-8-17(16)21-19(23)12-27-20(24)15-10-9-14(3)18(11-15)22(25)26/h5-11,13H,4,12H2,1-3H3,(H,21,23)/t13-/m1/s1. The number of ether oxygens (including phenoxy) is 1. The van der Waals surface area contributed by atoms with Gasteiger partial charge < -0.3 is 10.1 Å². The van der Waals surface area contributed by atoms with Crippen molar-refractivity contribution in [3.05, 3.63) is 69.3 Å². The summed E-state index contributed by atoms with van der Waals surface area (Å²) in [6.45, 7) is 5.23. The molecular formula is C20H22N2O5. The van der Waals surface area contributed by atoms with Gasteiger partial charge in [-0.2, -0.15) is 0 Å². The summed E-state index contributed by atoms with van der Waals surface area (Å²) in [6, 6.07) is 11.5. The molecule has 0 fully saturated rings. The molecule has 0 saturated heterocycles. The topological polar surface area (TPSA) is 98.5 Å². The second-order valence-electron chi connectivity index (χ2n) is 6.28. The maximum atomic E-state index is 12.1. The molecule has 0 bridgehead atoms. The van der Waals surface area contributed by atoms with E-state index < -0.39 is 23.4 Å². The SMILES string of the molecule is CC[C@@H](C)c1ccccc1NC(=O)COC(=O)c1ccc(C)c([N+](=O)[O-])c1. The number of amides is 1. The summed E-state index contributed by atoms with van der Waals surface area (Å²) in [4.78, 5) is 34.6. The van der Waals surface area contributed by atoms with Crippen molar-refractivity contribution < 1.29 is 19.2 Å². The summed E-state index contributed by atoms with van der Waals surface area (Å²) in [5, 5.41) is 13.7. The van der Waals surface area contributed by atoms with Crippen LogP contribution >= 0.6 is 0 Å². The van der Waals surface area contributed by atoms with Crippen molar-refractivity contribution in [2.24, 2.45) is 0 Å². The third-order valence-electron chi connectivity index (χ3n) is 4.35. The molecule has 0 aromatic heterocycles. The molecule has 1 atom stereocenters. The first-order valence-electron chi connectivity index (χ1n) is 8.64. The van der Waals surface area contributed by atoms with Crippen molar-refractivity contribution in [1.82, 2.24) is 0 Å². The lowest BCUT2D eigenvalue weighted by Crippen LogP contribution is -2.21. The molecular weight excluding hydrogens is 348 g/mol. The molecule has 0 saturated carbocycles. The number of esters is 1. The van der Waals surface area contributed by atoms with Crippen LogP contribution in [0.1, 0.15) is 47.7 Å². The van der Waals surface area contributed by atoms with Crippen LogP contribution in [0.2, 0.25) is 0 Å². The molecule has 142 valence electrons. The Morgan fingerprint density at radius 2 is 1.93 bits per heavy atom. The van der Waals surface area contributed by atoms with Gasteiger partial charge in [-0.05, 0) is 37.0 Å². The molecule has 0 aliphatic carbocycles. The lowest BCUT2D eigenvalue weighted by molar-refractivity contribution is -0.385. The number of anilines is 1. The molecule has 7 heteroatoms. The summed E-state index contributed by atoms with van der Waals surface area (Å²) in [7, 11) is 0. The summed E-state index contributed by atoms with van der Waals surface area (Å²) in [6.07, 6.45) is 0.925. The predicted octanol–water partition coefficient (Wildman–Crippen LogP) is 4.21. The van der Waals surface area contributed by atoms with E-state index in [2.05, 4.69) is 19.2 Å². The van der Waals surface area contributed by atoms with E-state index in [0.29, 0.717) is 11.3 Å². The van der Waals surface area contributed by atoms with Crippen molar-refractivity contribution in [2.75, 3.05) is 11.9 Å². The average molecular weight is 370 g/mol. The van der Waals surface area contributed by atoms with Gasteiger partial charge in [-0.3, -0.25) is 14.9 Å². The first-order valence-corrected chi connectivity index (χ1v) is 8.64. The van der Waals surface area contributed by atoms with Gasteiger partial charge in [-0.1, -0.05) is 38.1 Å². The molecule has 0 heterocycles. The fourth-order valence-corrected chi connectivity index (χ4v) is 2.59. The van der Waals surface area contributed by atoms with Crippen molar-refractivity contribution >= 4 is 23.3 Å². The second kappa shape index (κ2) is 8.93. The molecule has 27 heavy (non-hydrogen) atoms. The quantitative estimate of drug-likeness (QED) is 0.447. The van der Waals surface area contributed by atoms with E-state index >= 15 is 0 Å². The molecule has 7 nitrogen and oxygen atoms in total. The van der Waals surface area contributed by atoms with Crippen molar-refractivity contribution in [3.63, 3.8) is 0 Å². The van der Waals surface area contributed by atoms with Gasteiger partial charge in [-0.25, -0.2) is 4.79 Å². The molecule has 0 spiro atoms. The maximum absolute atomic E-state index is 12.1. The van der Waals surface area contributed by atoms with Crippen LogP contribution < -0.4 is 5.32 Å². The van der Waals surface area contributed by atoms with Crippen molar-refractivity contribution in [2.45, 2.75) is 33.1 Å².